The number of thiophene rings is 1. The number of nitrogens with zero attached hydrogens (tertiary/aromatic N) is 2. The molecule has 3 rings (SSSR count). The molecule has 2 aromatic heterocycles. The Bertz CT molecular complexity index is 845. The molecule has 3 aromatic rings. The summed E-state index contributed by atoms with van der Waals surface area (Å²) >= 11 is 1.68. The molecule has 0 aliphatic rings. The fourth-order valence-corrected chi connectivity index (χ4v) is 3.41. The summed E-state index contributed by atoms with van der Waals surface area (Å²) in [6, 6.07) is 12.1. The summed E-state index contributed by atoms with van der Waals surface area (Å²) < 4.78 is 7.58. The molecule has 0 saturated carbocycles. The number of rotatable bonds is 9. The lowest BCUT2D eigenvalue weighted by molar-refractivity contribution is 0.0995. The van der Waals surface area contributed by atoms with Gasteiger partial charge in [-0.3, -0.25) is 4.79 Å². The molecule has 3 N–H and O–H groups in total. The number of hydrogen-bond acceptors (Lipinski definition) is 5. The molecule has 0 unspecified atom stereocenters. The van der Waals surface area contributed by atoms with Crippen LogP contribution in [0.15, 0.2) is 54.3 Å². The van der Waals surface area contributed by atoms with Gasteiger partial charge < -0.3 is 20.1 Å². The number of imidazole rings is 1. The summed E-state index contributed by atoms with van der Waals surface area (Å²) in [4.78, 5) is 16.1. The molecule has 26 heavy (non-hydrogen) atoms. The van der Waals surface area contributed by atoms with E-state index in [1.54, 1.807) is 22.1 Å². The van der Waals surface area contributed by atoms with Gasteiger partial charge in [-0.2, -0.15) is 0 Å². The lowest BCUT2D eigenvalue weighted by Crippen LogP contribution is -2.16. The highest BCUT2D eigenvalue weighted by atomic mass is 32.1. The van der Waals surface area contributed by atoms with Crippen molar-refractivity contribution in [1.82, 2.24) is 9.55 Å². The Balaban J connectivity index is 1.46. The predicted molar refractivity (Wildman–Crippen MR) is 101 cm³/mol. The molecule has 7 heteroatoms. The first-order valence-electron chi connectivity index (χ1n) is 8.39. The van der Waals surface area contributed by atoms with Crippen molar-refractivity contribution in [2.75, 3.05) is 6.61 Å². The van der Waals surface area contributed by atoms with E-state index in [9.17, 15) is 9.90 Å². The average Bonchev–Trinajstić information content (AvgIpc) is 3.31. The van der Waals surface area contributed by atoms with Crippen LogP contribution in [0.5, 0.6) is 5.75 Å². The van der Waals surface area contributed by atoms with Crippen LogP contribution in [-0.2, 0) is 6.54 Å². The fraction of sp³-hybridized carbons (Fsp3) is 0.263. The number of carbonyl (C=O) groups excluding carboxylic acids is 1. The van der Waals surface area contributed by atoms with E-state index in [-0.39, 0.29) is 5.69 Å². The number of carbonyl (C=O) groups is 1. The van der Waals surface area contributed by atoms with Gasteiger partial charge in [-0.25, -0.2) is 4.98 Å². The highest BCUT2D eigenvalue weighted by Crippen LogP contribution is 2.33. The Labute approximate surface area is 155 Å². The molecule has 0 saturated heterocycles. The molecule has 136 valence electrons. The number of hydrogen-bond donors (Lipinski definition) is 2. The molecule has 0 spiro atoms. The smallest absolute Gasteiger partial charge is 0.268 e. The van der Waals surface area contributed by atoms with Crippen LogP contribution in [0.2, 0.25) is 0 Å². The van der Waals surface area contributed by atoms with E-state index in [0.717, 1.165) is 17.7 Å². The molecular formula is C19H21N3O3S. The second-order valence-corrected chi connectivity index (χ2v) is 6.89. The molecule has 1 amide bonds. The van der Waals surface area contributed by atoms with E-state index in [1.165, 1.54) is 11.2 Å². The predicted octanol–water partition coefficient (Wildman–Crippen LogP) is 2.93. The zero-order valence-electron chi connectivity index (χ0n) is 14.2. The van der Waals surface area contributed by atoms with Crippen molar-refractivity contribution in [3.05, 3.63) is 60.0 Å². The first kappa shape index (κ1) is 18.2. The van der Waals surface area contributed by atoms with Gasteiger partial charge in [0.1, 0.15) is 11.4 Å². The van der Waals surface area contributed by atoms with Crippen molar-refractivity contribution in [1.29, 1.82) is 0 Å². The molecule has 2 heterocycles. The molecule has 0 fully saturated rings. The van der Waals surface area contributed by atoms with E-state index in [0.29, 0.717) is 19.6 Å². The topological polar surface area (TPSA) is 90.4 Å². The minimum Gasteiger partial charge on any atom is -0.493 e. The highest BCUT2D eigenvalue weighted by molar-refractivity contribution is 7.13. The van der Waals surface area contributed by atoms with E-state index >= 15 is 0 Å². The highest BCUT2D eigenvalue weighted by Gasteiger charge is 2.10. The first-order valence-corrected chi connectivity index (χ1v) is 9.27. The molecule has 0 radical (unpaired) electrons. The number of nitrogens with two attached hydrogens (primary N) is 1. The van der Waals surface area contributed by atoms with Crippen LogP contribution in [0.1, 0.15) is 23.3 Å². The minimum atomic E-state index is -0.573. The summed E-state index contributed by atoms with van der Waals surface area (Å²) in [6.45, 7) is 0.891. The van der Waals surface area contributed by atoms with Gasteiger partial charge in [0.15, 0.2) is 0 Å². The zero-order chi connectivity index (χ0) is 18.4. The maximum absolute atomic E-state index is 11.0. The number of para-hydroxylation sites is 1. The first-order chi connectivity index (χ1) is 12.6. The van der Waals surface area contributed by atoms with Gasteiger partial charge >= 0.3 is 0 Å². The number of primary amides is 1. The van der Waals surface area contributed by atoms with E-state index in [4.69, 9.17) is 10.5 Å². The summed E-state index contributed by atoms with van der Waals surface area (Å²) in [7, 11) is 0. The van der Waals surface area contributed by atoms with Crippen LogP contribution < -0.4 is 10.5 Å². The molecule has 6 nitrogen and oxygen atoms in total. The van der Waals surface area contributed by atoms with Crippen LogP contribution in [0, 0.1) is 0 Å². The van der Waals surface area contributed by atoms with Crippen molar-refractivity contribution in [2.45, 2.75) is 25.5 Å². The van der Waals surface area contributed by atoms with Gasteiger partial charge in [0.05, 0.1) is 19.0 Å². The van der Waals surface area contributed by atoms with E-state index in [2.05, 4.69) is 11.1 Å². The third kappa shape index (κ3) is 4.71. The zero-order valence-corrected chi connectivity index (χ0v) is 15.1. The molecule has 1 aromatic carbocycles. The molecule has 0 bridgehead atoms. The van der Waals surface area contributed by atoms with Crippen molar-refractivity contribution >= 4 is 17.2 Å². The maximum atomic E-state index is 11.0. The Hall–Kier alpha value is -2.64. The number of benzene rings is 1. The third-order valence-corrected chi connectivity index (χ3v) is 4.82. The second-order valence-electron chi connectivity index (χ2n) is 5.94. The SMILES string of the molecule is NC(=O)c1cn(C[C@@H](O)CCCOc2ccccc2-c2cccs2)cn1. The minimum absolute atomic E-state index is 0.200. The van der Waals surface area contributed by atoms with Crippen molar-refractivity contribution in [2.24, 2.45) is 5.73 Å². The van der Waals surface area contributed by atoms with Gasteiger partial charge in [-0.1, -0.05) is 18.2 Å². The number of ether oxygens (including phenoxy) is 1. The van der Waals surface area contributed by atoms with Crippen LogP contribution >= 0.6 is 11.3 Å². The number of aromatic nitrogens is 2. The van der Waals surface area contributed by atoms with Crippen LogP contribution in [0.4, 0.5) is 0 Å². The lowest BCUT2D eigenvalue weighted by Gasteiger charge is -2.13. The van der Waals surface area contributed by atoms with Crippen molar-refractivity contribution in [3.63, 3.8) is 0 Å². The Kier molecular flexibility index (Phi) is 6.04. The Morgan fingerprint density at radius 3 is 2.88 bits per heavy atom. The van der Waals surface area contributed by atoms with Crippen LogP contribution in [-0.4, -0.2) is 33.3 Å². The Morgan fingerprint density at radius 2 is 2.15 bits per heavy atom. The largest absolute Gasteiger partial charge is 0.493 e. The molecular weight excluding hydrogens is 350 g/mol. The van der Waals surface area contributed by atoms with Gasteiger partial charge in [-0.05, 0) is 36.4 Å². The summed E-state index contributed by atoms with van der Waals surface area (Å²) in [5.41, 5.74) is 6.45. The van der Waals surface area contributed by atoms with Gasteiger partial charge in [0, 0.05) is 23.2 Å². The van der Waals surface area contributed by atoms with Gasteiger partial charge in [0.25, 0.3) is 5.91 Å². The monoisotopic (exact) mass is 371 g/mol. The Morgan fingerprint density at radius 1 is 1.31 bits per heavy atom. The van der Waals surface area contributed by atoms with E-state index < -0.39 is 12.0 Å². The van der Waals surface area contributed by atoms with Crippen molar-refractivity contribution < 1.29 is 14.6 Å². The normalized spacial score (nSPS) is 12.0. The van der Waals surface area contributed by atoms with Crippen molar-refractivity contribution in [3.8, 4) is 16.2 Å². The number of aliphatic hydroxyl groups excluding tert-OH is 1. The second kappa shape index (κ2) is 8.64. The standard InChI is InChI=1S/C19H21N3O3S/c20-19(24)16-12-22(13-21-16)11-14(23)5-3-9-25-17-7-2-1-6-15(17)18-8-4-10-26-18/h1-2,4,6-8,10,12-14,23H,3,5,9,11H2,(H2,20,24)/t14-/m0/s1. The quantitative estimate of drug-likeness (QED) is 0.566. The van der Waals surface area contributed by atoms with Gasteiger partial charge in [-0.15, -0.1) is 11.3 Å². The molecule has 0 aliphatic carbocycles. The molecule has 1 atom stereocenters. The van der Waals surface area contributed by atoms with Crippen LogP contribution in [0.25, 0.3) is 10.4 Å². The fourth-order valence-electron chi connectivity index (χ4n) is 2.65. The molecule has 0 aliphatic heterocycles. The summed E-state index contributed by atoms with van der Waals surface area (Å²) in [6.07, 6.45) is 3.81. The van der Waals surface area contributed by atoms with Crippen LogP contribution in [0.3, 0.4) is 0 Å². The summed E-state index contributed by atoms with van der Waals surface area (Å²) in [5.74, 6) is 0.279. The van der Waals surface area contributed by atoms with Gasteiger partial charge in [0.2, 0.25) is 0 Å². The average molecular weight is 371 g/mol. The number of amides is 1. The number of aliphatic hydroxyl groups is 1. The lowest BCUT2D eigenvalue weighted by atomic mass is 10.1. The maximum Gasteiger partial charge on any atom is 0.268 e. The van der Waals surface area contributed by atoms with E-state index in [1.807, 2.05) is 35.7 Å². The third-order valence-electron chi connectivity index (χ3n) is 3.92. The summed E-state index contributed by atoms with van der Waals surface area (Å²) in [5, 5.41) is 12.2.